The molecule has 0 amide bonds. The van der Waals surface area contributed by atoms with Crippen LogP contribution in [0.4, 0.5) is 4.39 Å². The summed E-state index contributed by atoms with van der Waals surface area (Å²) in [5.74, 6) is 0.483. The highest BCUT2D eigenvalue weighted by Crippen LogP contribution is 2.43. The van der Waals surface area contributed by atoms with Gasteiger partial charge in [0, 0.05) is 0 Å². The molecule has 0 N–H and O–H groups in total. The van der Waals surface area contributed by atoms with Crippen molar-refractivity contribution < 1.29 is 4.39 Å². The van der Waals surface area contributed by atoms with Crippen LogP contribution in [0.5, 0.6) is 0 Å². The van der Waals surface area contributed by atoms with Gasteiger partial charge in [-0.3, -0.25) is 0 Å². The fraction of sp³-hybridized carbons (Fsp3) is 0.588. The zero-order valence-corrected chi connectivity index (χ0v) is 11.9. The average Bonchev–Trinajstić information content (AvgIpc) is 2.42. The smallest absolute Gasteiger partial charge is 0.123 e. The summed E-state index contributed by atoms with van der Waals surface area (Å²) in [6.45, 7) is 4.14. The number of rotatable bonds is 3. The Morgan fingerprint density at radius 1 is 1.47 bits per heavy atom. The quantitative estimate of drug-likeness (QED) is 0.765. The maximum absolute atomic E-state index is 13.2. The lowest BCUT2D eigenvalue weighted by atomic mass is 9.66. The third-order valence-corrected chi connectivity index (χ3v) is 4.60. The van der Waals surface area contributed by atoms with Gasteiger partial charge < -0.3 is 0 Å². The fourth-order valence-corrected chi connectivity index (χ4v) is 3.36. The van der Waals surface area contributed by atoms with Gasteiger partial charge in [0.15, 0.2) is 0 Å². The first-order valence-electron chi connectivity index (χ1n) is 7.25. The van der Waals surface area contributed by atoms with Crippen molar-refractivity contribution in [2.75, 3.05) is 0 Å². The largest absolute Gasteiger partial charge is 0.207 e. The van der Waals surface area contributed by atoms with E-state index in [1.54, 1.807) is 6.07 Å². The first kappa shape index (κ1) is 14.1. The molecule has 1 aromatic rings. The van der Waals surface area contributed by atoms with Gasteiger partial charge in [-0.1, -0.05) is 32.3 Å². The molecule has 102 valence electrons. The van der Waals surface area contributed by atoms with Crippen molar-refractivity contribution >= 4 is 0 Å². The molecule has 2 rings (SSSR count). The molecule has 0 spiro atoms. The summed E-state index contributed by atoms with van der Waals surface area (Å²) in [6.07, 6.45) is 6.31. The summed E-state index contributed by atoms with van der Waals surface area (Å²) in [5, 5.41) is 9.64. The van der Waals surface area contributed by atoms with E-state index in [0.717, 1.165) is 43.2 Å². The molecule has 1 aromatic carbocycles. The summed E-state index contributed by atoms with van der Waals surface area (Å²) in [6, 6.07) is 7.50. The highest BCUT2D eigenvalue weighted by atomic mass is 19.1. The van der Waals surface area contributed by atoms with Crippen LogP contribution >= 0.6 is 0 Å². The van der Waals surface area contributed by atoms with Crippen molar-refractivity contribution in [2.45, 2.75) is 52.4 Å². The second-order valence-electron chi connectivity index (χ2n) is 6.01. The fourth-order valence-electron chi connectivity index (χ4n) is 3.36. The Hall–Kier alpha value is -1.36. The highest BCUT2D eigenvalue weighted by Gasteiger charge is 2.36. The van der Waals surface area contributed by atoms with Crippen LogP contribution in [-0.2, 0) is 6.42 Å². The molecule has 2 heteroatoms. The van der Waals surface area contributed by atoms with E-state index >= 15 is 0 Å². The SMILES string of the molecule is CCC1CCCC(C#N)(Cc2ccc(F)cc2C)C1. The summed E-state index contributed by atoms with van der Waals surface area (Å²) >= 11 is 0. The van der Waals surface area contributed by atoms with Crippen LogP contribution in [0.15, 0.2) is 18.2 Å². The van der Waals surface area contributed by atoms with Gasteiger partial charge in [-0.25, -0.2) is 4.39 Å². The van der Waals surface area contributed by atoms with E-state index in [0.29, 0.717) is 5.92 Å². The zero-order valence-electron chi connectivity index (χ0n) is 11.9. The van der Waals surface area contributed by atoms with Gasteiger partial charge in [-0.05, 0) is 55.4 Å². The lowest BCUT2D eigenvalue weighted by molar-refractivity contribution is 0.194. The molecule has 1 saturated carbocycles. The van der Waals surface area contributed by atoms with Crippen molar-refractivity contribution in [3.63, 3.8) is 0 Å². The molecule has 1 fully saturated rings. The van der Waals surface area contributed by atoms with Crippen LogP contribution in [0.1, 0.15) is 50.2 Å². The van der Waals surface area contributed by atoms with Crippen molar-refractivity contribution in [1.29, 1.82) is 5.26 Å². The number of nitrogens with zero attached hydrogens (tertiary/aromatic N) is 1. The molecule has 19 heavy (non-hydrogen) atoms. The first-order valence-corrected chi connectivity index (χ1v) is 7.25. The van der Waals surface area contributed by atoms with Crippen LogP contribution in [0.3, 0.4) is 0 Å². The zero-order chi connectivity index (χ0) is 13.9. The molecule has 0 aliphatic heterocycles. The molecule has 1 aliphatic rings. The third kappa shape index (κ3) is 3.15. The predicted octanol–water partition coefficient (Wildman–Crippen LogP) is 4.79. The normalized spacial score (nSPS) is 26.9. The summed E-state index contributed by atoms with van der Waals surface area (Å²) in [5.41, 5.74) is 1.86. The van der Waals surface area contributed by atoms with E-state index in [2.05, 4.69) is 13.0 Å². The molecule has 2 unspecified atom stereocenters. The van der Waals surface area contributed by atoms with Crippen LogP contribution in [0, 0.1) is 35.4 Å². The van der Waals surface area contributed by atoms with E-state index in [4.69, 9.17) is 0 Å². The Morgan fingerprint density at radius 2 is 2.26 bits per heavy atom. The molecule has 0 saturated heterocycles. The highest BCUT2D eigenvalue weighted by molar-refractivity contribution is 5.29. The van der Waals surface area contributed by atoms with Crippen molar-refractivity contribution in [2.24, 2.45) is 11.3 Å². The molecular weight excluding hydrogens is 237 g/mol. The lowest BCUT2D eigenvalue weighted by Crippen LogP contribution is -2.29. The van der Waals surface area contributed by atoms with Gasteiger partial charge in [0.05, 0.1) is 11.5 Å². The molecule has 0 heterocycles. The monoisotopic (exact) mass is 259 g/mol. The number of hydrogen-bond donors (Lipinski definition) is 0. The van der Waals surface area contributed by atoms with Crippen molar-refractivity contribution in [3.8, 4) is 6.07 Å². The molecule has 2 atom stereocenters. The standard InChI is InChI=1S/C17H22FN/c1-3-14-5-4-8-17(10-14,12-19)11-15-6-7-16(18)9-13(15)2/h6-7,9,14H,3-5,8,10-11H2,1-2H3. The van der Waals surface area contributed by atoms with Crippen LogP contribution in [0.2, 0.25) is 0 Å². The maximum Gasteiger partial charge on any atom is 0.123 e. The lowest BCUT2D eigenvalue weighted by Gasteiger charge is -2.36. The second-order valence-corrected chi connectivity index (χ2v) is 6.01. The Kier molecular flexibility index (Phi) is 4.24. The van der Waals surface area contributed by atoms with Crippen molar-refractivity contribution in [1.82, 2.24) is 0 Å². The molecule has 0 radical (unpaired) electrons. The molecular formula is C17H22FN. The Balaban J connectivity index is 2.21. The van der Waals surface area contributed by atoms with E-state index in [1.165, 1.54) is 12.5 Å². The Morgan fingerprint density at radius 3 is 2.89 bits per heavy atom. The molecule has 1 nitrogen and oxygen atoms in total. The van der Waals surface area contributed by atoms with Gasteiger partial charge >= 0.3 is 0 Å². The van der Waals surface area contributed by atoms with Gasteiger partial charge in [-0.15, -0.1) is 0 Å². The number of nitriles is 1. The Bertz CT molecular complexity index is 489. The number of halogens is 1. The number of benzene rings is 1. The molecule has 1 aliphatic carbocycles. The number of aryl methyl sites for hydroxylation is 1. The van der Waals surface area contributed by atoms with Gasteiger partial charge in [0.2, 0.25) is 0 Å². The third-order valence-electron chi connectivity index (χ3n) is 4.60. The molecule has 0 bridgehead atoms. The topological polar surface area (TPSA) is 23.8 Å². The minimum Gasteiger partial charge on any atom is -0.207 e. The second kappa shape index (κ2) is 5.74. The van der Waals surface area contributed by atoms with E-state index in [9.17, 15) is 9.65 Å². The van der Waals surface area contributed by atoms with E-state index < -0.39 is 0 Å². The average molecular weight is 259 g/mol. The van der Waals surface area contributed by atoms with Gasteiger partial charge in [0.1, 0.15) is 5.82 Å². The number of hydrogen-bond acceptors (Lipinski definition) is 1. The van der Waals surface area contributed by atoms with Crippen LogP contribution < -0.4 is 0 Å². The van der Waals surface area contributed by atoms with Crippen LogP contribution in [-0.4, -0.2) is 0 Å². The van der Waals surface area contributed by atoms with E-state index in [-0.39, 0.29) is 11.2 Å². The maximum atomic E-state index is 13.2. The predicted molar refractivity (Wildman–Crippen MR) is 75.1 cm³/mol. The Labute approximate surface area is 115 Å². The van der Waals surface area contributed by atoms with Gasteiger partial charge in [-0.2, -0.15) is 5.26 Å². The summed E-state index contributed by atoms with van der Waals surface area (Å²) in [4.78, 5) is 0. The molecule has 0 aromatic heterocycles. The van der Waals surface area contributed by atoms with Crippen LogP contribution in [0.25, 0.3) is 0 Å². The van der Waals surface area contributed by atoms with Crippen molar-refractivity contribution in [3.05, 3.63) is 35.1 Å². The minimum absolute atomic E-state index is 0.192. The minimum atomic E-state index is -0.235. The summed E-state index contributed by atoms with van der Waals surface area (Å²) < 4.78 is 13.2. The summed E-state index contributed by atoms with van der Waals surface area (Å²) in [7, 11) is 0. The first-order chi connectivity index (χ1) is 9.08. The van der Waals surface area contributed by atoms with Gasteiger partial charge in [0.25, 0.3) is 0 Å². The van der Waals surface area contributed by atoms with E-state index in [1.807, 2.05) is 13.0 Å².